The lowest BCUT2D eigenvalue weighted by Crippen LogP contribution is -2.58. The molecule has 4 rings (SSSR count). The third kappa shape index (κ3) is 3.42. The van der Waals surface area contributed by atoms with E-state index in [4.69, 9.17) is 9.26 Å². The number of ether oxygens (including phenoxy) is 1. The van der Waals surface area contributed by atoms with Gasteiger partial charge in [-0.1, -0.05) is 35.5 Å². The first-order valence-corrected chi connectivity index (χ1v) is 9.78. The van der Waals surface area contributed by atoms with Gasteiger partial charge in [0.15, 0.2) is 0 Å². The molecule has 1 aliphatic heterocycles. The highest BCUT2D eigenvalue weighted by Gasteiger charge is 2.44. The SMILES string of the molecule is COC1(C(=O)NC2CCC2)CCN(C(=O)c2conc2-c2ccccc2)CC1. The van der Waals surface area contributed by atoms with Gasteiger partial charge in [0, 0.05) is 44.6 Å². The van der Waals surface area contributed by atoms with Gasteiger partial charge in [-0.3, -0.25) is 9.59 Å². The fraction of sp³-hybridized carbons (Fsp3) is 0.476. The Bertz CT molecular complexity index is 836. The summed E-state index contributed by atoms with van der Waals surface area (Å²) >= 11 is 0. The first-order valence-electron chi connectivity index (χ1n) is 9.78. The van der Waals surface area contributed by atoms with Crippen molar-refractivity contribution in [3.63, 3.8) is 0 Å². The highest BCUT2D eigenvalue weighted by molar-refractivity contribution is 5.99. The molecule has 2 amide bonds. The molecular weight excluding hydrogens is 358 g/mol. The Morgan fingerprint density at radius 3 is 2.54 bits per heavy atom. The van der Waals surface area contributed by atoms with Gasteiger partial charge in [0.1, 0.15) is 23.1 Å². The van der Waals surface area contributed by atoms with Gasteiger partial charge < -0.3 is 19.5 Å². The van der Waals surface area contributed by atoms with Crippen molar-refractivity contribution in [3.05, 3.63) is 42.2 Å². The summed E-state index contributed by atoms with van der Waals surface area (Å²) in [5, 5.41) is 7.10. The molecule has 0 spiro atoms. The van der Waals surface area contributed by atoms with Crippen LogP contribution in [0.3, 0.4) is 0 Å². The van der Waals surface area contributed by atoms with Crippen LogP contribution in [0.4, 0.5) is 0 Å². The van der Waals surface area contributed by atoms with Crippen LogP contribution in [0.1, 0.15) is 42.5 Å². The molecule has 7 nitrogen and oxygen atoms in total. The number of carbonyl (C=O) groups is 2. The van der Waals surface area contributed by atoms with Gasteiger partial charge >= 0.3 is 0 Å². The minimum absolute atomic E-state index is 0.0539. The number of rotatable bonds is 5. The Kier molecular flexibility index (Phi) is 5.17. The fourth-order valence-corrected chi connectivity index (χ4v) is 3.83. The molecule has 1 N–H and O–H groups in total. The molecule has 1 aromatic carbocycles. The average Bonchev–Trinajstić information content (AvgIpc) is 3.20. The molecule has 2 aliphatic rings. The summed E-state index contributed by atoms with van der Waals surface area (Å²) in [5.74, 6) is -0.189. The minimum atomic E-state index is -0.858. The monoisotopic (exact) mass is 383 g/mol. The molecule has 2 heterocycles. The van der Waals surface area contributed by atoms with Gasteiger partial charge in [-0.05, 0) is 19.3 Å². The second-order valence-electron chi connectivity index (χ2n) is 7.53. The van der Waals surface area contributed by atoms with E-state index in [1.165, 1.54) is 6.26 Å². The van der Waals surface area contributed by atoms with E-state index in [9.17, 15) is 9.59 Å². The van der Waals surface area contributed by atoms with E-state index in [2.05, 4.69) is 10.5 Å². The number of benzene rings is 1. The summed E-state index contributed by atoms with van der Waals surface area (Å²) in [6.07, 6.45) is 5.57. The molecule has 7 heteroatoms. The summed E-state index contributed by atoms with van der Waals surface area (Å²) in [7, 11) is 1.57. The van der Waals surface area contributed by atoms with Gasteiger partial charge in [0.25, 0.3) is 11.8 Å². The van der Waals surface area contributed by atoms with E-state index in [-0.39, 0.29) is 17.9 Å². The molecule has 1 aromatic heterocycles. The van der Waals surface area contributed by atoms with Crippen LogP contribution >= 0.6 is 0 Å². The summed E-state index contributed by atoms with van der Waals surface area (Å²) in [4.78, 5) is 27.5. The van der Waals surface area contributed by atoms with Gasteiger partial charge in [0.05, 0.1) is 0 Å². The molecular formula is C21H25N3O4. The maximum atomic E-state index is 13.0. The van der Waals surface area contributed by atoms with Crippen molar-refractivity contribution in [1.29, 1.82) is 0 Å². The van der Waals surface area contributed by atoms with Crippen LogP contribution in [0.5, 0.6) is 0 Å². The average molecular weight is 383 g/mol. The largest absolute Gasteiger partial charge is 0.368 e. The quantitative estimate of drug-likeness (QED) is 0.858. The standard InChI is InChI=1S/C21H25N3O4/c1-27-21(20(26)22-16-8-5-9-16)10-12-24(13-11-21)19(25)17-14-28-23-18(17)15-6-3-2-4-7-15/h2-4,6-7,14,16H,5,8-13H2,1H3,(H,22,26). The smallest absolute Gasteiger partial charge is 0.259 e. The van der Waals surface area contributed by atoms with E-state index in [0.717, 1.165) is 24.8 Å². The van der Waals surface area contributed by atoms with Gasteiger partial charge in [0.2, 0.25) is 0 Å². The lowest BCUT2D eigenvalue weighted by atomic mass is 9.87. The molecule has 28 heavy (non-hydrogen) atoms. The lowest BCUT2D eigenvalue weighted by molar-refractivity contribution is -0.150. The number of methoxy groups -OCH3 is 1. The summed E-state index contributed by atoms with van der Waals surface area (Å²) < 4.78 is 10.7. The zero-order valence-corrected chi connectivity index (χ0v) is 16.0. The number of carbonyl (C=O) groups excluding carboxylic acids is 2. The predicted molar refractivity (Wildman–Crippen MR) is 103 cm³/mol. The summed E-state index contributed by atoms with van der Waals surface area (Å²) in [6.45, 7) is 0.897. The Labute approximate surface area is 164 Å². The number of hydrogen-bond acceptors (Lipinski definition) is 5. The topological polar surface area (TPSA) is 84.7 Å². The first-order chi connectivity index (χ1) is 13.6. The highest BCUT2D eigenvalue weighted by atomic mass is 16.5. The molecule has 0 radical (unpaired) electrons. The van der Waals surface area contributed by atoms with E-state index < -0.39 is 5.60 Å². The number of aromatic nitrogens is 1. The summed E-state index contributed by atoms with van der Waals surface area (Å²) in [5.41, 5.74) is 0.957. The first kappa shape index (κ1) is 18.7. The van der Waals surface area contributed by atoms with Crippen molar-refractivity contribution in [2.24, 2.45) is 0 Å². The number of nitrogens with zero attached hydrogens (tertiary/aromatic N) is 2. The van der Waals surface area contributed by atoms with Crippen molar-refractivity contribution in [3.8, 4) is 11.3 Å². The van der Waals surface area contributed by atoms with Crippen molar-refractivity contribution in [2.45, 2.75) is 43.7 Å². The van der Waals surface area contributed by atoms with E-state index in [0.29, 0.717) is 37.2 Å². The maximum absolute atomic E-state index is 13.0. The lowest BCUT2D eigenvalue weighted by Gasteiger charge is -2.41. The Hall–Kier alpha value is -2.67. The van der Waals surface area contributed by atoms with Crippen LogP contribution in [-0.2, 0) is 9.53 Å². The third-order valence-corrected chi connectivity index (χ3v) is 5.95. The van der Waals surface area contributed by atoms with E-state index in [1.807, 2.05) is 30.3 Å². The van der Waals surface area contributed by atoms with Gasteiger partial charge in [-0.2, -0.15) is 0 Å². The molecule has 1 saturated heterocycles. The number of nitrogens with one attached hydrogen (secondary N) is 1. The maximum Gasteiger partial charge on any atom is 0.259 e. The molecule has 2 aromatic rings. The number of piperidine rings is 1. The second kappa shape index (κ2) is 7.75. The van der Waals surface area contributed by atoms with Gasteiger partial charge in [-0.15, -0.1) is 0 Å². The Balaban J connectivity index is 1.44. The zero-order chi connectivity index (χ0) is 19.6. The van der Waals surface area contributed by atoms with Crippen LogP contribution in [0, 0.1) is 0 Å². The van der Waals surface area contributed by atoms with Crippen molar-refractivity contribution >= 4 is 11.8 Å². The molecule has 1 aliphatic carbocycles. The number of hydrogen-bond donors (Lipinski definition) is 1. The zero-order valence-electron chi connectivity index (χ0n) is 16.0. The van der Waals surface area contributed by atoms with Crippen LogP contribution in [0.25, 0.3) is 11.3 Å². The number of amides is 2. The highest BCUT2D eigenvalue weighted by Crippen LogP contribution is 2.30. The van der Waals surface area contributed by atoms with Crippen LogP contribution in [0.2, 0.25) is 0 Å². The minimum Gasteiger partial charge on any atom is -0.368 e. The molecule has 0 atom stereocenters. The second-order valence-corrected chi connectivity index (χ2v) is 7.53. The Morgan fingerprint density at radius 2 is 1.93 bits per heavy atom. The van der Waals surface area contributed by atoms with Crippen molar-refractivity contribution < 1.29 is 18.8 Å². The number of likely N-dealkylation sites (tertiary alicyclic amines) is 1. The molecule has 2 fully saturated rings. The molecule has 0 bridgehead atoms. The van der Waals surface area contributed by atoms with Crippen molar-refractivity contribution in [1.82, 2.24) is 15.4 Å². The van der Waals surface area contributed by atoms with Crippen LogP contribution < -0.4 is 5.32 Å². The van der Waals surface area contributed by atoms with Crippen LogP contribution in [-0.4, -0.2) is 53.7 Å². The molecule has 1 saturated carbocycles. The molecule has 0 unspecified atom stereocenters. The predicted octanol–water partition coefficient (Wildman–Crippen LogP) is 2.63. The summed E-state index contributed by atoms with van der Waals surface area (Å²) in [6, 6.07) is 9.76. The van der Waals surface area contributed by atoms with Crippen LogP contribution in [0.15, 0.2) is 41.1 Å². The fourth-order valence-electron chi connectivity index (χ4n) is 3.83. The van der Waals surface area contributed by atoms with Gasteiger partial charge in [-0.25, -0.2) is 0 Å². The van der Waals surface area contributed by atoms with E-state index >= 15 is 0 Å². The Morgan fingerprint density at radius 1 is 1.21 bits per heavy atom. The van der Waals surface area contributed by atoms with Crippen molar-refractivity contribution in [2.75, 3.05) is 20.2 Å². The molecule has 148 valence electrons. The third-order valence-electron chi connectivity index (χ3n) is 5.95. The normalized spacial score (nSPS) is 19.1. The van der Waals surface area contributed by atoms with E-state index in [1.54, 1.807) is 12.0 Å².